The number of nitrogens with one attached hydrogen (secondary N) is 1. The largest absolute Gasteiger partial charge is 0.396 e. The second kappa shape index (κ2) is 8.06. The lowest BCUT2D eigenvalue weighted by Crippen LogP contribution is -2.26. The molecule has 5 heteroatoms. The van der Waals surface area contributed by atoms with Gasteiger partial charge in [0.1, 0.15) is 5.82 Å². The van der Waals surface area contributed by atoms with Crippen molar-refractivity contribution in [2.24, 2.45) is 0 Å². The minimum absolute atomic E-state index is 0.0501. The predicted octanol–water partition coefficient (Wildman–Crippen LogP) is 2.30. The van der Waals surface area contributed by atoms with Gasteiger partial charge in [-0.25, -0.2) is 4.39 Å². The van der Waals surface area contributed by atoms with E-state index in [1.54, 1.807) is 6.07 Å². The third kappa shape index (κ3) is 5.02. The zero-order valence-electron chi connectivity index (χ0n) is 10.1. The number of rotatable bonds is 7. The van der Waals surface area contributed by atoms with Crippen molar-refractivity contribution >= 4 is 17.5 Å². The maximum atomic E-state index is 13.4. The van der Waals surface area contributed by atoms with Crippen LogP contribution >= 0.6 is 11.6 Å². The van der Waals surface area contributed by atoms with Crippen molar-refractivity contribution in [1.82, 2.24) is 5.32 Å². The fourth-order valence-corrected chi connectivity index (χ4v) is 1.80. The van der Waals surface area contributed by atoms with Crippen LogP contribution in [0.15, 0.2) is 18.2 Å². The van der Waals surface area contributed by atoms with Crippen LogP contribution in [0.3, 0.4) is 0 Å². The van der Waals surface area contributed by atoms with Crippen molar-refractivity contribution in [3.8, 4) is 0 Å². The number of carbonyl (C=O) groups excluding carboxylic acids is 1. The van der Waals surface area contributed by atoms with Crippen LogP contribution < -0.4 is 5.32 Å². The van der Waals surface area contributed by atoms with E-state index in [1.165, 1.54) is 12.1 Å². The van der Waals surface area contributed by atoms with Crippen LogP contribution in [0.5, 0.6) is 0 Å². The van der Waals surface area contributed by atoms with E-state index >= 15 is 0 Å². The first kappa shape index (κ1) is 14.9. The number of unbranched alkanes of at least 4 members (excludes halogenated alkanes) is 2. The first-order valence-electron chi connectivity index (χ1n) is 5.95. The molecule has 0 saturated carbocycles. The molecule has 0 bridgehead atoms. The molecule has 2 N–H and O–H groups in total. The molecule has 0 saturated heterocycles. The molecule has 0 aliphatic rings. The van der Waals surface area contributed by atoms with E-state index in [2.05, 4.69) is 5.32 Å². The lowest BCUT2D eigenvalue weighted by molar-refractivity contribution is -0.120. The molecule has 0 aromatic heterocycles. The highest BCUT2D eigenvalue weighted by Crippen LogP contribution is 2.19. The van der Waals surface area contributed by atoms with E-state index in [1.807, 2.05) is 0 Å². The van der Waals surface area contributed by atoms with E-state index in [0.717, 1.165) is 19.3 Å². The average molecular weight is 274 g/mol. The Kier molecular flexibility index (Phi) is 6.68. The molecule has 0 heterocycles. The van der Waals surface area contributed by atoms with Gasteiger partial charge in [-0.15, -0.1) is 0 Å². The summed E-state index contributed by atoms with van der Waals surface area (Å²) in [4.78, 5) is 11.6. The van der Waals surface area contributed by atoms with Gasteiger partial charge in [0.25, 0.3) is 0 Å². The molecule has 0 aliphatic heterocycles. The second-order valence-corrected chi connectivity index (χ2v) is 4.42. The Morgan fingerprint density at radius 1 is 1.33 bits per heavy atom. The summed E-state index contributed by atoms with van der Waals surface area (Å²) in [6, 6.07) is 4.36. The van der Waals surface area contributed by atoms with Crippen LogP contribution in [-0.4, -0.2) is 24.2 Å². The summed E-state index contributed by atoms with van der Waals surface area (Å²) >= 11 is 5.83. The Balaban J connectivity index is 2.36. The zero-order chi connectivity index (χ0) is 13.4. The topological polar surface area (TPSA) is 49.3 Å². The van der Waals surface area contributed by atoms with Crippen molar-refractivity contribution < 1.29 is 14.3 Å². The lowest BCUT2D eigenvalue weighted by atomic mass is 10.1. The summed E-state index contributed by atoms with van der Waals surface area (Å²) < 4.78 is 13.4. The van der Waals surface area contributed by atoms with E-state index in [4.69, 9.17) is 16.7 Å². The van der Waals surface area contributed by atoms with Crippen LogP contribution in [0.25, 0.3) is 0 Å². The summed E-state index contributed by atoms with van der Waals surface area (Å²) in [7, 11) is 0. The van der Waals surface area contributed by atoms with E-state index in [0.29, 0.717) is 6.54 Å². The first-order chi connectivity index (χ1) is 8.65. The average Bonchev–Trinajstić information content (AvgIpc) is 2.34. The van der Waals surface area contributed by atoms with Gasteiger partial charge < -0.3 is 10.4 Å². The van der Waals surface area contributed by atoms with Gasteiger partial charge in [0.2, 0.25) is 5.91 Å². The highest BCUT2D eigenvalue weighted by atomic mass is 35.5. The predicted molar refractivity (Wildman–Crippen MR) is 69.1 cm³/mol. The Bertz CT molecular complexity index is 378. The molecule has 0 atom stereocenters. The molecule has 18 heavy (non-hydrogen) atoms. The minimum Gasteiger partial charge on any atom is -0.396 e. The molecule has 0 spiro atoms. The van der Waals surface area contributed by atoms with Gasteiger partial charge in [-0.05, 0) is 31.4 Å². The molecule has 100 valence electrons. The molecular weight excluding hydrogens is 257 g/mol. The van der Waals surface area contributed by atoms with E-state index < -0.39 is 5.82 Å². The fraction of sp³-hybridized carbons (Fsp3) is 0.462. The highest BCUT2D eigenvalue weighted by Gasteiger charge is 2.11. The van der Waals surface area contributed by atoms with E-state index in [9.17, 15) is 9.18 Å². The molecule has 0 aliphatic carbocycles. The number of hydrogen-bond donors (Lipinski definition) is 2. The Morgan fingerprint density at radius 2 is 2.11 bits per heavy atom. The number of aliphatic hydroxyl groups is 1. The summed E-state index contributed by atoms with van der Waals surface area (Å²) in [5, 5.41) is 11.6. The summed E-state index contributed by atoms with van der Waals surface area (Å²) in [6.07, 6.45) is 2.34. The van der Waals surface area contributed by atoms with Crippen LogP contribution in [0.2, 0.25) is 5.02 Å². The van der Waals surface area contributed by atoms with Crippen molar-refractivity contribution in [3.05, 3.63) is 34.6 Å². The third-order valence-corrected chi connectivity index (χ3v) is 2.91. The normalized spacial score (nSPS) is 10.4. The first-order valence-corrected chi connectivity index (χ1v) is 6.33. The van der Waals surface area contributed by atoms with Crippen LogP contribution in [-0.2, 0) is 11.2 Å². The van der Waals surface area contributed by atoms with Crippen molar-refractivity contribution in [2.45, 2.75) is 25.7 Å². The maximum absolute atomic E-state index is 13.4. The van der Waals surface area contributed by atoms with E-state index in [-0.39, 0.29) is 29.5 Å². The second-order valence-electron chi connectivity index (χ2n) is 4.01. The molecule has 0 radical (unpaired) electrons. The molecule has 1 rings (SSSR count). The molecule has 3 nitrogen and oxygen atoms in total. The molecule has 0 fully saturated rings. The summed E-state index contributed by atoms with van der Waals surface area (Å²) in [5.41, 5.74) is 0.229. The monoisotopic (exact) mass is 273 g/mol. The molecule has 1 amide bonds. The van der Waals surface area contributed by atoms with Gasteiger partial charge in [0.15, 0.2) is 0 Å². The van der Waals surface area contributed by atoms with Crippen molar-refractivity contribution in [2.75, 3.05) is 13.2 Å². The number of hydrogen-bond acceptors (Lipinski definition) is 2. The van der Waals surface area contributed by atoms with Gasteiger partial charge in [0, 0.05) is 23.7 Å². The number of halogens is 2. The van der Waals surface area contributed by atoms with Crippen LogP contribution in [0.1, 0.15) is 24.8 Å². The Hall–Kier alpha value is -1.13. The molecular formula is C13H17ClFNO2. The number of aliphatic hydroxyl groups excluding tert-OH is 1. The summed E-state index contributed by atoms with van der Waals surface area (Å²) in [6.45, 7) is 0.698. The molecule has 0 unspecified atom stereocenters. The smallest absolute Gasteiger partial charge is 0.224 e. The van der Waals surface area contributed by atoms with Gasteiger partial charge >= 0.3 is 0 Å². The minimum atomic E-state index is -0.460. The lowest BCUT2D eigenvalue weighted by Gasteiger charge is -2.07. The van der Waals surface area contributed by atoms with Crippen molar-refractivity contribution in [3.63, 3.8) is 0 Å². The van der Waals surface area contributed by atoms with Gasteiger partial charge in [-0.2, -0.15) is 0 Å². The number of benzene rings is 1. The number of carbonyl (C=O) groups is 1. The molecule has 1 aromatic rings. The van der Waals surface area contributed by atoms with Gasteiger partial charge in [-0.3, -0.25) is 4.79 Å². The zero-order valence-corrected chi connectivity index (χ0v) is 10.8. The third-order valence-electron chi connectivity index (χ3n) is 2.56. The Morgan fingerprint density at radius 3 is 2.78 bits per heavy atom. The van der Waals surface area contributed by atoms with Crippen LogP contribution in [0, 0.1) is 5.82 Å². The Labute approximate surface area is 111 Å². The van der Waals surface area contributed by atoms with Crippen LogP contribution in [0.4, 0.5) is 4.39 Å². The van der Waals surface area contributed by atoms with Gasteiger partial charge in [0.05, 0.1) is 6.42 Å². The van der Waals surface area contributed by atoms with Gasteiger partial charge in [-0.1, -0.05) is 17.7 Å². The quantitative estimate of drug-likeness (QED) is 0.749. The van der Waals surface area contributed by atoms with Crippen molar-refractivity contribution in [1.29, 1.82) is 0 Å². The summed E-state index contributed by atoms with van der Waals surface area (Å²) in [5.74, 6) is -0.705. The molecule has 1 aromatic carbocycles. The number of amides is 1. The highest BCUT2D eigenvalue weighted by molar-refractivity contribution is 6.31. The fourth-order valence-electron chi connectivity index (χ4n) is 1.57. The standard InChI is InChI=1S/C13H17ClFNO2/c14-11-5-4-6-12(15)10(11)9-13(18)16-7-2-1-3-8-17/h4-6,17H,1-3,7-9H2,(H,16,18). The maximum Gasteiger partial charge on any atom is 0.224 e. The SMILES string of the molecule is O=C(Cc1c(F)cccc1Cl)NCCCCCO.